The zero-order valence-electron chi connectivity index (χ0n) is 5.29. The Kier molecular flexibility index (Phi) is 13.1. The molecule has 0 unspecified atom stereocenters. The van der Waals surface area contributed by atoms with E-state index >= 15 is 0 Å². The summed E-state index contributed by atoms with van der Waals surface area (Å²) in [6.07, 6.45) is 0. The molecule has 0 fully saturated rings. The minimum Gasteiger partial charge on any atom is -0.300 e. The topological polar surface area (TPSA) is 17.1 Å². The maximum absolute atomic E-state index is 9.44. The Hall–Kier alpha value is -0.290. The van der Waals surface area contributed by atoms with Crippen molar-refractivity contribution in [2.75, 3.05) is 0 Å². The van der Waals surface area contributed by atoms with Crippen molar-refractivity contribution in [2.24, 2.45) is 0 Å². The average Bonchev–Trinajstić information content (AvgIpc) is 1.65. The van der Waals surface area contributed by atoms with Gasteiger partial charge in [-0.1, -0.05) is 5.92 Å². The number of Topliss-reactive ketones (excluding diaryl/α,β-unsaturated/α-hetero) is 1. The van der Waals surface area contributed by atoms with Crippen LogP contribution in [0.5, 0.6) is 0 Å². The number of hydrogen-bond donors (Lipinski definition) is 0. The lowest BCUT2D eigenvalue weighted by atomic mass is 10.6. The fraction of sp³-hybridized carbons (Fsp3) is 0.500. The molecule has 0 aromatic heterocycles. The fourth-order valence-electron chi connectivity index (χ4n) is 0. The van der Waals surface area contributed by atoms with Gasteiger partial charge in [0.05, 0.1) is 0 Å². The van der Waals surface area contributed by atoms with Crippen LogP contribution in [0, 0.1) is 10.8 Å². The highest BCUT2D eigenvalue weighted by Crippen LogP contribution is 1.63. The summed E-state index contributed by atoms with van der Waals surface area (Å²) in [5.41, 5.74) is 0. The predicted molar refractivity (Wildman–Crippen MR) is 38.7 cm³/mol. The van der Waals surface area contributed by atoms with Gasteiger partial charge in [0.2, 0.25) is 0 Å². The van der Waals surface area contributed by atoms with Crippen LogP contribution >= 0.6 is 15.9 Å². The van der Waals surface area contributed by atoms with E-state index in [1.165, 1.54) is 13.8 Å². The van der Waals surface area contributed by atoms with E-state index in [1.807, 2.05) is 0 Å². The van der Waals surface area contributed by atoms with E-state index in [4.69, 9.17) is 0 Å². The molecule has 0 aromatic rings. The molecule has 0 radical (unpaired) electrons. The van der Waals surface area contributed by atoms with Crippen LogP contribution in [0.2, 0.25) is 0 Å². The number of carbonyl (C=O) groups is 1. The van der Waals surface area contributed by atoms with Gasteiger partial charge in [0.15, 0.2) is 0 Å². The molecule has 0 heterocycles. The molecular weight excluding hydrogens is 168 g/mol. The zero-order valence-corrected chi connectivity index (χ0v) is 6.87. The van der Waals surface area contributed by atoms with Gasteiger partial charge >= 0.3 is 0 Å². The van der Waals surface area contributed by atoms with Crippen molar-refractivity contribution in [3.8, 4) is 10.8 Å². The monoisotopic (exact) mass is 176 g/mol. The highest BCUT2D eigenvalue weighted by atomic mass is 79.9. The van der Waals surface area contributed by atoms with Crippen molar-refractivity contribution in [1.29, 1.82) is 0 Å². The molecule has 0 bridgehead atoms. The Morgan fingerprint density at radius 3 is 1.62 bits per heavy atom. The largest absolute Gasteiger partial charge is 0.300 e. The van der Waals surface area contributed by atoms with Crippen molar-refractivity contribution >= 4 is 21.7 Å². The molecule has 0 aliphatic heterocycles. The highest BCUT2D eigenvalue weighted by molar-refractivity contribution is 9.12. The molecule has 0 saturated carbocycles. The van der Waals surface area contributed by atoms with Gasteiger partial charge in [-0.3, -0.25) is 0 Å². The van der Waals surface area contributed by atoms with Gasteiger partial charge in [-0.05, 0) is 25.6 Å². The van der Waals surface area contributed by atoms with Crippen LogP contribution in [0.1, 0.15) is 20.8 Å². The van der Waals surface area contributed by atoms with Crippen LogP contribution in [0.4, 0.5) is 0 Å². The van der Waals surface area contributed by atoms with Crippen molar-refractivity contribution in [2.45, 2.75) is 20.8 Å². The molecule has 0 aliphatic rings. The number of carbonyl (C=O) groups excluding carboxylic acids is 1. The summed E-state index contributed by atoms with van der Waals surface area (Å²) < 4.78 is 0. The van der Waals surface area contributed by atoms with E-state index in [1.54, 1.807) is 6.92 Å². The van der Waals surface area contributed by atoms with E-state index in [2.05, 4.69) is 26.7 Å². The summed E-state index contributed by atoms with van der Waals surface area (Å²) in [7, 11) is 0. The summed E-state index contributed by atoms with van der Waals surface area (Å²) in [6, 6.07) is 0. The van der Waals surface area contributed by atoms with Gasteiger partial charge in [-0.2, -0.15) is 0 Å². The summed E-state index contributed by atoms with van der Waals surface area (Å²) >= 11 is 2.89. The van der Waals surface area contributed by atoms with Crippen LogP contribution in [-0.2, 0) is 4.79 Å². The first-order chi connectivity index (χ1) is 3.65. The summed E-state index contributed by atoms with van der Waals surface area (Å²) in [4.78, 5) is 11.9. The first kappa shape index (κ1) is 10.6. The lowest BCUT2D eigenvalue weighted by Gasteiger charge is -1.56. The predicted octanol–water partition coefficient (Wildman–Crippen LogP) is 1.96. The molecule has 2 heteroatoms. The molecular formula is C6H9BrO. The molecule has 0 amide bonds. The standard InChI is InChI=1S/C3H3Br.C3H6O/c1-2-3-4;1-3(2)4/h1H3;1-2H3. The number of halogens is 1. The maximum Gasteiger partial charge on any atom is 0.126 e. The molecule has 0 saturated heterocycles. The first-order valence-corrected chi connectivity index (χ1v) is 2.94. The number of rotatable bonds is 0. The SMILES string of the molecule is CC#CBr.CC(C)=O. The average molecular weight is 177 g/mol. The van der Waals surface area contributed by atoms with Crippen LogP contribution in [0.3, 0.4) is 0 Å². The Morgan fingerprint density at radius 2 is 1.62 bits per heavy atom. The third kappa shape index (κ3) is 251. The van der Waals surface area contributed by atoms with Crippen molar-refractivity contribution in [3.63, 3.8) is 0 Å². The summed E-state index contributed by atoms with van der Waals surface area (Å²) in [5.74, 6) is 2.76. The third-order valence-corrected chi connectivity index (χ3v) is 0.491. The second-order valence-electron chi connectivity index (χ2n) is 1.25. The minimum atomic E-state index is 0.167. The second-order valence-corrected chi connectivity index (χ2v) is 1.65. The smallest absolute Gasteiger partial charge is 0.126 e. The van der Waals surface area contributed by atoms with Crippen LogP contribution in [0.25, 0.3) is 0 Å². The molecule has 8 heavy (non-hydrogen) atoms. The van der Waals surface area contributed by atoms with E-state index in [9.17, 15) is 4.79 Å². The molecule has 0 atom stereocenters. The van der Waals surface area contributed by atoms with Crippen LogP contribution < -0.4 is 0 Å². The quantitative estimate of drug-likeness (QED) is 0.517. The van der Waals surface area contributed by atoms with E-state index < -0.39 is 0 Å². The minimum absolute atomic E-state index is 0.167. The lowest BCUT2D eigenvalue weighted by Crippen LogP contribution is -1.69. The second kappa shape index (κ2) is 9.86. The van der Waals surface area contributed by atoms with Gasteiger partial charge in [-0.15, -0.1) is 0 Å². The van der Waals surface area contributed by atoms with Gasteiger partial charge in [-0.25, -0.2) is 0 Å². The van der Waals surface area contributed by atoms with Gasteiger partial charge in [0.25, 0.3) is 0 Å². The summed E-state index contributed by atoms with van der Waals surface area (Å²) in [6.45, 7) is 4.83. The Labute approximate surface area is 58.6 Å². The van der Waals surface area contributed by atoms with Gasteiger partial charge < -0.3 is 4.79 Å². The van der Waals surface area contributed by atoms with Crippen LogP contribution in [0.15, 0.2) is 0 Å². The van der Waals surface area contributed by atoms with E-state index in [0.29, 0.717) is 0 Å². The first-order valence-electron chi connectivity index (χ1n) is 2.14. The molecule has 1 nitrogen and oxygen atoms in total. The van der Waals surface area contributed by atoms with Gasteiger partial charge in [0, 0.05) is 15.9 Å². The zero-order chi connectivity index (χ0) is 6.99. The Bertz CT molecular complexity index is 97.4. The Morgan fingerprint density at radius 1 is 1.50 bits per heavy atom. The van der Waals surface area contributed by atoms with Crippen molar-refractivity contribution in [3.05, 3.63) is 0 Å². The molecule has 0 rings (SSSR count). The van der Waals surface area contributed by atoms with Gasteiger partial charge in [0.1, 0.15) is 5.78 Å². The Balaban J connectivity index is 0. The fourth-order valence-corrected chi connectivity index (χ4v) is 0. The molecule has 0 aromatic carbocycles. The maximum atomic E-state index is 9.44. The molecule has 46 valence electrons. The lowest BCUT2D eigenvalue weighted by molar-refractivity contribution is -0.114. The van der Waals surface area contributed by atoms with Crippen LogP contribution in [-0.4, -0.2) is 5.78 Å². The van der Waals surface area contributed by atoms with E-state index in [-0.39, 0.29) is 5.78 Å². The number of hydrogen-bond acceptors (Lipinski definition) is 1. The normalized spacial score (nSPS) is 5.00. The molecule has 0 spiro atoms. The third-order valence-electron chi connectivity index (χ3n) is 0.0945. The number of ketones is 1. The van der Waals surface area contributed by atoms with Crippen molar-refractivity contribution in [1.82, 2.24) is 0 Å². The van der Waals surface area contributed by atoms with Crippen molar-refractivity contribution < 1.29 is 4.79 Å². The van der Waals surface area contributed by atoms with E-state index in [0.717, 1.165) is 0 Å². The highest BCUT2D eigenvalue weighted by Gasteiger charge is 1.62. The summed E-state index contributed by atoms with van der Waals surface area (Å²) in [5, 5.41) is 0. The molecule has 0 N–H and O–H groups in total. The molecule has 0 aliphatic carbocycles.